The van der Waals surface area contributed by atoms with Crippen LogP contribution in [0.15, 0.2) is 0 Å². The molecule has 2 radical (unpaired) electrons. The quantitative estimate of drug-likeness (QED) is 0.145. The summed E-state index contributed by atoms with van der Waals surface area (Å²) in [6.45, 7) is 5.34. The largest absolute Gasteiger partial charge is 0.462 e. The van der Waals surface area contributed by atoms with Gasteiger partial charge in [0.2, 0.25) is 0 Å². The number of hydrogen-bond donors (Lipinski definition) is 0. The molecule has 188 valence electrons. The average molecular weight is 451 g/mol. The molecule has 0 aromatic rings. The first-order valence-electron chi connectivity index (χ1n) is 14.2. The van der Waals surface area contributed by atoms with Crippen LogP contribution in [0.2, 0.25) is 0 Å². The van der Waals surface area contributed by atoms with Gasteiger partial charge in [0.15, 0.2) is 0 Å². The number of carbonyl (C=O) groups excluding carboxylic acids is 1. The minimum Gasteiger partial charge on any atom is -0.462 e. The molecule has 1 unspecified atom stereocenters. The topological polar surface area (TPSA) is 35.5 Å². The number of hydrogen-bond acceptors (Lipinski definition) is 3. The Morgan fingerprint density at radius 1 is 0.750 bits per heavy atom. The van der Waals surface area contributed by atoms with E-state index in [9.17, 15) is 4.79 Å². The van der Waals surface area contributed by atoms with Crippen molar-refractivity contribution in [1.82, 2.24) is 0 Å². The number of esters is 1. The predicted octanol–water partition coefficient (Wildman–Crippen LogP) is 8.94. The van der Waals surface area contributed by atoms with Gasteiger partial charge < -0.3 is 9.47 Å². The van der Waals surface area contributed by atoms with Gasteiger partial charge in [-0.25, -0.2) is 0 Å². The third-order valence-electron chi connectivity index (χ3n) is 6.68. The normalized spacial score (nSPS) is 17.8. The summed E-state index contributed by atoms with van der Waals surface area (Å²) in [6.07, 6.45) is 30.7. The van der Waals surface area contributed by atoms with Gasteiger partial charge in [0, 0.05) is 19.4 Å². The standard InChI is InChI=1S/C29H54O3/c1-2-3-4-5-6-7-8-9-10-11-12-13-14-15-16-17-21-24-29(30)32-28-23-20-18-19-22-26-31-27-25-28/h22,28H,1-21,23-27H2. The fraction of sp³-hybridized carbons (Fsp3) is 0.897. The highest BCUT2D eigenvalue weighted by Crippen LogP contribution is 2.16. The van der Waals surface area contributed by atoms with Crippen LogP contribution in [0.3, 0.4) is 0 Å². The van der Waals surface area contributed by atoms with Crippen molar-refractivity contribution in [2.24, 2.45) is 0 Å². The van der Waals surface area contributed by atoms with Gasteiger partial charge in [-0.05, 0) is 32.1 Å². The predicted molar refractivity (Wildman–Crippen MR) is 137 cm³/mol. The average Bonchev–Trinajstić information content (AvgIpc) is 2.80. The maximum absolute atomic E-state index is 12.2. The molecule has 32 heavy (non-hydrogen) atoms. The smallest absolute Gasteiger partial charge is 0.306 e. The van der Waals surface area contributed by atoms with Crippen molar-refractivity contribution in [3.63, 3.8) is 0 Å². The molecule has 0 aromatic carbocycles. The molecule has 1 rings (SSSR count). The zero-order valence-electron chi connectivity index (χ0n) is 21.3. The second-order valence-electron chi connectivity index (χ2n) is 9.81. The molecule has 1 atom stereocenters. The van der Waals surface area contributed by atoms with Crippen molar-refractivity contribution in [3.8, 4) is 0 Å². The van der Waals surface area contributed by atoms with E-state index in [-0.39, 0.29) is 12.1 Å². The second-order valence-corrected chi connectivity index (χ2v) is 9.81. The Morgan fingerprint density at radius 3 is 1.84 bits per heavy atom. The lowest BCUT2D eigenvalue weighted by molar-refractivity contribution is -0.150. The molecule has 0 N–H and O–H groups in total. The van der Waals surface area contributed by atoms with E-state index in [2.05, 4.69) is 13.3 Å². The SMILES string of the molecule is [CH2]CCCCCCCCCCCCCCCCCCC(=O)OC1CCCC[CH]COCC1. The molecule has 0 aliphatic carbocycles. The van der Waals surface area contributed by atoms with Crippen LogP contribution < -0.4 is 0 Å². The van der Waals surface area contributed by atoms with Gasteiger partial charge in [-0.2, -0.15) is 0 Å². The summed E-state index contributed by atoms with van der Waals surface area (Å²) in [4.78, 5) is 12.2. The van der Waals surface area contributed by atoms with Crippen molar-refractivity contribution >= 4 is 5.97 Å². The Kier molecular flexibility index (Phi) is 21.7. The molecule has 3 heteroatoms. The highest BCUT2D eigenvalue weighted by molar-refractivity contribution is 5.69. The molecule has 0 amide bonds. The number of rotatable bonds is 19. The Bertz CT molecular complexity index is 386. The third-order valence-corrected chi connectivity index (χ3v) is 6.68. The Balaban J connectivity index is 1.81. The van der Waals surface area contributed by atoms with E-state index in [1.807, 2.05) is 0 Å². The molecule has 1 aliphatic heterocycles. The van der Waals surface area contributed by atoms with Gasteiger partial charge in [-0.1, -0.05) is 116 Å². The third kappa shape index (κ3) is 20.1. The zero-order valence-corrected chi connectivity index (χ0v) is 21.3. The first-order valence-corrected chi connectivity index (χ1v) is 14.2. The Hall–Kier alpha value is -0.570. The molecule has 1 fully saturated rings. The van der Waals surface area contributed by atoms with Crippen molar-refractivity contribution < 1.29 is 14.3 Å². The van der Waals surface area contributed by atoms with Gasteiger partial charge in [0.25, 0.3) is 0 Å². The van der Waals surface area contributed by atoms with E-state index in [4.69, 9.17) is 9.47 Å². The van der Waals surface area contributed by atoms with Crippen molar-refractivity contribution in [2.45, 2.75) is 154 Å². The van der Waals surface area contributed by atoms with Crippen LogP contribution in [-0.4, -0.2) is 25.3 Å². The van der Waals surface area contributed by atoms with Gasteiger partial charge >= 0.3 is 5.97 Å². The van der Waals surface area contributed by atoms with Gasteiger partial charge in [-0.15, -0.1) is 0 Å². The minimum absolute atomic E-state index is 0.00289. The number of carbonyl (C=O) groups is 1. The fourth-order valence-corrected chi connectivity index (χ4v) is 4.55. The van der Waals surface area contributed by atoms with Crippen LogP contribution >= 0.6 is 0 Å². The molecule has 1 heterocycles. The van der Waals surface area contributed by atoms with E-state index in [0.717, 1.165) is 51.6 Å². The van der Waals surface area contributed by atoms with Crippen LogP contribution in [0.5, 0.6) is 0 Å². The molecule has 0 spiro atoms. The number of unbranched alkanes of at least 4 members (excludes halogenated alkanes) is 16. The monoisotopic (exact) mass is 450 g/mol. The maximum atomic E-state index is 12.2. The summed E-state index contributed by atoms with van der Waals surface area (Å²) >= 11 is 0. The fourth-order valence-electron chi connectivity index (χ4n) is 4.55. The second kappa shape index (κ2) is 23.6. The van der Waals surface area contributed by atoms with Crippen LogP contribution in [0, 0.1) is 13.3 Å². The zero-order chi connectivity index (χ0) is 23.0. The lowest BCUT2D eigenvalue weighted by Gasteiger charge is -2.19. The molecule has 0 saturated carbocycles. The molecule has 3 nitrogen and oxygen atoms in total. The molecule has 1 saturated heterocycles. The van der Waals surface area contributed by atoms with E-state index in [0.29, 0.717) is 13.0 Å². The van der Waals surface area contributed by atoms with Crippen LogP contribution in [-0.2, 0) is 14.3 Å². The summed E-state index contributed by atoms with van der Waals surface area (Å²) < 4.78 is 11.3. The van der Waals surface area contributed by atoms with E-state index in [1.165, 1.54) is 96.3 Å². The summed E-state index contributed by atoms with van der Waals surface area (Å²) in [6, 6.07) is 0. The maximum Gasteiger partial charge on any atom is 0.306 e. The van der Waals surface area contributed by atoms with Crippen LogP contribution in [0.25, 0.3) is 0 Å². The van der Waals surface area contributed by atoms with E-state index < -0.39 is 0 Å². The lowest BCUT2D eigenvalue weighted by atomic mass is 10.0. The molecule has 1 aliphatic rings. The summed E-state index contributed by atoms with van der Waals surface area (Å²) in [5, 5.41) is 0. The highest BCUT2D eigenvalue weighted by Gasteiger charge is 2.15. The van der Waals surface area contributed by atoms with Gasteiger partial charge in [-0.3, -0.25) is 4.79 Å². The summed E-state index contributed by atoms with van der Waals surface area (Å²) in [5.41, 5.74) is 0. The lowest BCUT2D eigenvalue weighted by Crippen LogP contribution is -2.21. The van der Waals surface area contributed by atoms with E-state index >= 15 is 0 Å². The highest BCUT2D eigenvalue weighted by atomic mass is 16.5. The van der Waals surface area contributed by atoms with Crippen molar-refractivity contribution in [2.75, 3.05) is 13.2 Å². The molecule has 0 aromatic heterocycles. The van der Waals surface area contributed by atoms with Crippen LogP contribution in [0.4, 0.5) is 0 Å². The summed E-state index contributed by atoms with van der Waals surface area (Å²) in [5.74, 6) is -0.00289. The van der Waals surface area contributed by atoms with Crippen LogP contribution in [0.1, 0.15) is 148 Å². The van der Waals surface area contributed by atoms with Gasteiger partial charge in [0.05, 0.1) is 6.61 Å². The summed E-state index contributed by atoms with van der Waals surface area (Å²) in [7, 11) is 0. The first-order chi connectivity index (χ1) is 15.8. The van der Waals surface area contributed by atoms with Gasteiger partial charge in [0.1, 0.15) is 6.10 Å². The van der Waals surface area contributed by atoms with Crippen molar-refractivity contribution in [1.29, 1.82) is 0 Å². The Morgan fingerprint density at radius 2 is 1.28 bits per heavy atom. The number of ether oxygens (including phenoxy) is 2. The first kappa shape index (κ1) is 29.5. The minimum atomic E-state index is -0.00289. The molecular weight excluding hydrogens is 396 g/mol. The van der Waals surface area contributed by atoms with E-state index in [1.54, 1.807) is 0 Å². The Labute approximate surface area is 200 Å². The van der Waals surface area contributed by atoms with Crippen molar-refractivity contribution in [3.05, 3.63) is 13.3 Å². The molecular formula is C29H54O3. The molecule has 0 bridgehead atoms.